The van der Waals surface area contributed by atoms with Crippen molar-refractivity contribution >= 4 is 11.6 Å². The molecule has 0 radical (unpaired) electrons. The number of hydrogen-bond acceptors (Lipinski definition) is 2. The summed E-state index contributed by atoms with van der Waals surface area (Å²) in [7, 11) is 1.65. The number of nitrogens with zero attached hydrogens (tertiary/aromatic N) is 1. The molecule has 0 aliphatic carbocycles. The Bertz CT molecular complexity index is 454. The summed E-state index contributed by atoms with van der Waals surface area (Å²) in [4.78, 5) is 7.27. The molecule has 1 aromatic carbocycles. The van der Waals surface area contributed by atoms with Crippen LogP contribution in [0.2, 0.25) is 0 Å². The molecule has 0 spiro atoms. The Hall–Kier alpha value is -1.48. The maximum Gasteiger partial charge on any atom is 0.123 e. The van der Waals surface area contributed by atoms with E-state index in [2.05, 4.69) is 9.97 Å². The molecule has 2 aromatic rings. The van der Waals surface area contributed by atoms with Crippen LogP contribution in [0.4, 0.5) is 0 Å². The minimum atomic E-state index is 0.454. The third kappa shape index (κ3) is 2.36. The summed E-state index contributed by atoms with van der Waals surface area (Å²) in [5.74, 6) is 2.23. The van der Waals surface area contributed by atoms with Gasteiger partial charge in [-0.15, -0.1) is 11.6 Å². The standard InChI is InChI=1S/C12H13ClN2O/c1-16-11-3-2-9(6-10(11)8-13)7-12-14-4-5-15-12/h2-6H,7-8H2,1H3,(H,14,15). The fourth-order valence-electron chi connectivity index (χ4n) is 1.63. The van der Waals surface area contributed by atoms with Crippen LogP contribution < -0.4 is 4.74 Å². The van der Waals surface area contributed by atoms with E-state index >= 15 is 0 Å². The highest BCUT2D eigenvalue weighted by atomic mass is 35.5. The van der Waals surface area contributed by atoms with E-state index in [-0.39, 0.29) is 0 Å². The molecule has 0 saturated heterocycles. The number of alkyl halides is 1. The molecule has 0 amide bonds. The molecular formula is C12H13ClN2O. The van der Waals surface area contributed by atoms with Crippen LogP contribution in [0.15, 0.2) is 30.6 Å². The molecule has 16 heavy (non-hydrogen) atoms. The van der Waals surface area contributed by atoms with E-state index in [1.165, 1.54) is 5.56 Å². The first-order valence-corrected chi connectivity index (χ1v) is 5.57. The van der Waals surface area contributed by atoms with Crippen LogP contribution in [0.25, 0.3) is 0 Å². The fraction of sp³-hybridized carbons (Fsp3) is 0.250. The predicted octanol–water partition coefficient (Wildman–Crippen LogP) is 2.75. The van der Waals surface area contributed by atoms with Crippen molar-refractivity contribution in [3.05, 3.63) is 47.5 Å². The number of ether oxygens (including phenoxy) is 1. The zero-order valence-corrected chi connectivity index (χ0v) is 9.79. The predicted molar refractivity (Wildman–Crippen MR) is 63.9 cm³/mol. The summed E-state index contributed by atoms with van der Waals surface area (Å²) in [6, 6.07) is 6.02. The summed E-state index contributed by atoms with van der Waals surface area (Å²) >= 11 is 5.86. The lowest BCUT2D eigenvalue weighted by molar-refractivity contribution is 0.411. The quantitative estimate of drug-likeness (QED) is 0.829. The smallest absolute Gasteiger partial charge is 0.123 e. The molecule has 0 fully saturated rings. The number of H-pyrrole nitrogens is 1. The molecule has 0 saturated carbocycles. The number of methoxy groups -OCH3 is 1. The summed E-state index contributed by atoms with van der Waals surface area (Å²) in [6.07, 6.45) is 4.35. The van der Waals surface area contributed by atoms with Gasteiger partial charge in [0.25, 0.3) is 0 Å². The van der Waals surface area contributed by atoms with Gasteiger partial charge < -0.3 is 9.72 Å². The van der Waals surface area contributed by atoms with Crippen LogP contribution in [0.5, 0.6) is 5.75 Å². The van der Waals surface area contributed by atoms with Crippen LogP contribution in [0.1, 0.15) is 17.0 Å². The SMILES string of the molecule is COc1ccc(Cc2ncc[nH]2)cc1CCl. The highest BCUT2D eigenvalue weighted by Gasteiger charge is 2.04. The maximum atomic E-state index is 5.86. The minimum absolute atomic E-state index is 0.454. The van der Waals surface area contributed by atoms with E-state index in [0.29, 0.717) is 5.88 Å². The van der Waals surface area contributed by atoms with Crippen molar-refractivity contribution in [2.75, 3.05) is 7.11 Å². The number of nitrogens with one attached hydrogen (secondary N) is 1. The highest BCUT2D eigenvalue weighted by molar-refractivity contribution is 6.17. The average molecular weight is 237 g/mol. The number of aromatic nitrogens is 2. The summed E-state index contributed by atoms with van der Waals surface area (Å²) < 4.78 is 5.22. The lowest BCUT2D eigenvalue weighted by Gasteiger charge is -2.07. The van der Waals surface area contributed by atoms with E-state index in [1.807, 2.05) is 24.4 Å². The molecule has 84 valence electrons. The lowest BCUT2D eigenvalue weighted by atomic mass is 10.1. The number of hydrogen-bond donors (Lipinski definition) is 1. The van der Waals surface area contributed by atoms with E-state index in [0.717, 1.165) is 23.6 Å². The topological polar surface area (TPSA) is 37.9 Å². The Morgan fingerprint density at radius 2 is 2.31 bits per heavy atom. The number of benzene rings is 1. The zero-order chi connectivity index (χ0) is 11.4. The van der Waals surface area contributed by atoms with Gasteiger partial charge in [0.1, 0.15) is 11.6 Å². The van der Waals surface area contributed by atoms with E-state index in [4.69, 9.17) is 16.3 Å². The van der Waals surface area contributed by atoms with Gasteiger partial charge in [-0.25, -0.2) is 4.98 Å². The van der Waals surface area contributed by atoms with Gasteiger partial charge in [-0.3, -0.25) is 0 Å². The molecule has 1 heterocycles. The van der Waals surface area contributed by atoms with Gasteiger partial charge in [-0.1, -0.05) is 12.1 Å². The Balaban J connectivity index is 2.22. The van der Waals surface area contributed by atoms with Gasteiger partial charge in [0.15, 0.2) is 0 Å². The van der Waals surface area contributed by atoms with Gasteiger partial charge in [0.05, 0.1) is 13.0 Å². The molecule has 0 atom stereocenters. The van der Waals surface area contributed by atoms with Crippen molar-refractivity contribution in [2.45, 2.75) is 12.3 Å². The number of imidazole rings is 1. The molecule has 0 aliphatic heterocycles. The van der Waals surface area contributed by atoms with Gasteiger partial charge >= 0.3 is 0 Å². The molecule has 0 unspecified atom stereocenters. The Kier molecular flexibility index (Phi) is 3.47. The van der Waals surface area contributed by atoms with Crippen LogP contribution in [-0.2, 0) is 12.3 Å². The summed E-state index contributed by atoms with van der Waals surface area (Å²) in [5, 5.41) is 0. The second-order valence-electron chi connectivity index (χ2n) is 3.49. The third-order valence-electron chi connectivity index (χ3n) is 2.42. The van der Waals surface area contributed by atoms with Crippen LogP contribution in [0.3, 0.4) is 0 Å². The van der Waals surface area contributed by atoms with E-state index in [9.17, 15) is 0 Å². The zero-order valence-electron chi connectivity index (χ0n) is 9.03. The molecule has 1 aromatic heterocycles. The minimum Gasteiger partial charge on any atom is -0.496 e. The first-order chi connectivity index (χ1) is 7.83. The fourth-order valence-corrected chi connectivity index (χ4v) is 1.84. The van der Waals surface area contributed by atoms with Crippen molar-refractivity contribution in [2.24, 2.45) is 0 Å². The molecule has 0 bridgehead atoms. The molecule has 3 nitrogen and oxygen atoms in total. The monoisotopic (exact) mass is 236 g/mol. The second kappa shape index (κ2) is 5.03. The number of aromatic amines is 1. The first kappa shape index (κ1) is 11.0. The number of halogens is 1. The maximum absolute atomic E-state index is 5.86. The second-order valence-corrected chi connectivity index (χ2v) is 3.76. The molecule has 4 heteroatoms. The largest absolute Gasteiger partial charge is 0.496 e. The Morgan fingerprint density at radius 3 is 2.94 bits per heavy atom. The van der Waals surface area contributed by atoms with Gasteiger partial charge in [0.2, 0.25) is 0 Å². The third-order valence-corrected chi connectivity index (χ3v) is 2.70. The Labute approximate surface area is 99.4 Å². The van der Waals surface area contributed by atoms with Crippen LogP contribution >= 0.6 is 11.6 Å². The van der Waals surface area contributed by atoms with Crippen molar-refractivity contribution in [3.63, 3.8) is 0 Å². The summed E-state index contributed by atoms with van der Waals surface area (Å²) in [5.41, 5.74) is 2.18. The van der Waals surface area contributed by atoms with Crippen molar-refractivity contribution in [1.29, 1.82) is 0 Å². The molecule has 2 rings (SSSR count). The highest BCUT2D eigenvalue weighted by Crippen LogP contribution is 2.22. The van der Waals surface area contributed by atoms with Crippen molar-refractivity contribution < 1.29 is 4.74 Å². The lowest BCUT2D eigenvalue weighted by Crippen LogP contribution is -1.95. The van der Waals surface area contributed by atoms with Gasteiger partial charge in [-0.2, -0.15) is 0 Å². The molecular weight excluding hydrogens is 224 g/mol. The van der Waals surface area contributed by atoms with Crippen LogP contribution in [-0.4, -0.2) is 17.1 Å². The first-order valence-electron chi connectivity index (χ1n) is 5.03. The van der Waals surface area contributed by atoms with Gasteiger partial charge in [-0.05, 0) is 11.6 Å². The Morgan fingerprint density at radius 1 is 1.44 bits per heavy atom. The van der Waals surface area contributed by atoms with Crippen LogP contribution in [0, 0.1) is 0 Å². The van der Waals surface area contributed by atoms with Crippen molar-refractivity contribution in [3.8, 4) is 5.75 Å². The van der Waals surface area contributed by atoms with E-state index in [1.54, 1.807) is 13.3 Å². The normalized spacial score (nSPS) is 10.4. The average Bonchev–Trinajstić information content (AvgIpc) is 2.81. The van der Waals surface area contributed by atoms with Crippen molar-refractivity contribution in [1.82, 2.24) is 9.97 Å². The number of rotatable bonds is 4. The molecule has 1 N–H and O–H groups in total. The summed E-state index contributed by atoms with van der Waals surface area (Å²) in [6.45, 7) is 0. The van der Waals surface area contributed by atoms with E-state index < -0.39 is 0 Å². The van der Waals surface area contributed by atoms with Gasteiger partial charge in [0, 0.05) is 24.4 Å². The molecule has 0 aliphatic rings.